The Hall–Kier alpha value is -3.17. The van der Waals surface area contributed by atoms with Crippen LogP contribution in [0, 0.1) is 0 Å². The molecule has 2 aromatic heterocycles. The van der Waals surface area contributed by atoms with Gasteiger partial charge < -0.3 is 10.6 Å². The number of anilines is 2. The topological polar surface area (TPSA) is 98.6 Å². The summed E-state index contributed by atoms with van der Waals surface area (Å²) >= 11 is 7.99. The van der Waals surface area contributed by atoms with Crippen LogP contribution >= 0.6 is 23.4 Å². The van der Waals surface area contributed by atoms with Crippen LogP contribution in [0.25, 0.3) is 11.4 Å². The van der Waals surface area contributed by atoms with E-state index in [9.17, 15) is 0 Å². The predicted molar refractivity (Wildman–Crippen MR) is 129 cm³/mol. The molecule has 10 heteroatoms. The first-order valence-corrected chi connectivity index (χ1v) is 11.3. The summed E-state index contributed by atoms with van der Waals surface area (Å²) in [5.74, 6) is 1.99. The highest BCUT2D eigenvalue weighted by Gasteiger charge is 2.21. The van der Waals surface area contributed by atoms with Gasteiger partial charge in [0.25, 0.3) is 0 Å². The summed E-state index contributed by atoms with van der Waals surface area (Å²) in [4.78, 5) is 14.9. The molecule has 0 aliphatic carbocycles. The third-order valence-corrected chi connectivity index (χ3v) is 6.13. The molecule has 0 spiro atoms. The van der Waals surface area contributed by atoms with Crippen LogP contribution in [0.5, 0.6) is 0 Å². The van der Waals surface area contributed by atoms with Gasteiger partial charge in [-0.1, -0.05) is 65.8 Å². The molecule has 2 heterocycles. The van der Waals surface area contributed by atoms with Gasteiger partial charge in [-0.25, -0.2) is 0 Å². The van der Waals surface area contributed by atoms with Crippen molar-refractivity contribution >= 4 is 35.3 Å². The molecule has 1 unspecified atom stereocenters. The Kier molecular flexibility index (Phi) is 6.57. The lowest BCUT2D eigenvalue weighted by Gasteiger charge is -2.16. The van der Waals surface area contributed by atoms with Crippen molar-refractivity contribution in [1.82, 2.24) is 29.7 Å². The van der Waals surface area contributed by atoms with Crippen molar-refractivity contribution in [2.45, 2.75) is 23.9 Å². The van der Waals surface area contributed by atoms with Crippen LogP contribution in [0.3, 0.4) is 0 Å². The predicted octanol–water partition coefficient (Wildman–Crippen LogP) is 4.33. The van der Waals surface area contributed by atoms with E-state index in [-0.39, 0.29) is 11.2 Å². The number of nitrogen functional groups attached to an aromatic ring is 1. The number of benzene rings is 2. The number of halogens is 1. The fourth-order valence-electron chi connectivity index (χ4n) is 3.12. The maximum absolute atomic E-state index is 6.48. The van der Waals surface area contributed by atoms with Crippen molar-refractivity contribution in [2.75, 3.05) is 24.7 Å². The van der Waals surface area contributed by atoms with Crippen LogP contribution in [-0.2, 0) is 6.54 Å². The molecule has 0 aliphatic heterocycles. The molecule has 2 aromatic carbocycles. The molecule has 0 amide bonds. The molecule has 8 nitrogen and oxygen atoms in total. The van der Waals surface area contributed by atoms with Crippen molar-refractivity contribution < 1.29 is 0 Å². The van der Waals surface area contributed by atoms with Crippen molar-refractivity contribution in [1.29, 1.82) is 0 Å². The van der Waals surface area contributed by atoms with Crippen molar-refractivity contribution in [3.63, 3.8) is 0 Å². The summed E-state index contributed by atoms with van der Waals surface area (Å²) in [5.41, 5.74) is 7.87. The second-order valence-electron chi connectivity index (χ2n) is 7.36. The fraction of sp³-hybridized carbons (Fsp3) is 0.227. The molecule has 0 radical (unpaired) electrons. The first-order valence-electron chi connectivity index (χ1n) is 10.00. The van der Waals surface area contributed by atoms with Crippen LogP contribution in [0.15, 0.2) is 59.8 Å². The first kappa shape index (κ1) is 22.0. The number of nitrogens with zero attached hydrogens (tertiary/aromatic N) is 7. The van der Waals surface area contributed by atoms with Crippen LogP contribution < -0.4 is 10.6 Å². The molecule has 0 saturated carbocycles. The Morgan fingerprint density at radius 1 is 1.00 bits per heavy atom. The Morgan fingerprint density at radius 2 is 1.72 bits per heavy atom. The zero-order chi connectivity index (χ0) is 22.7. The third-order valence-electron chi connectivity index (χ3n) is 4.72. The van der Waals surface area contributed by atoms with E-state index < -0.39 is 0 Å². The SMILES string of the molecule is CC(Sc1nnc(-c2ccccc2Cl)n1Cc1ccccc1)c1nc(N)nc(N(C)C)n1. The van der Waals surface area contributed by atoms with Gasteiger partial charge in [0.15, 0.2) is 11.0 Å². The lowest BCUT2D eigenvalue weighted by molar-refractivity contribution is 0.711. The van der Waals surface area contributed by atoms with E-state index in [1.165, 1.54) is 11.8 Å². The monoisotopic (exact) mass is 466 g/mol. The average Bonchev–Trinajstić information content (AvgIpc) is 3.16. The number of rotatable bonds is 7. The second kappa shape index (κ2) is 9.54. The minimum Gasteiger partial charge on any atom is -0.368 e. The van der Waals surface area contributed by atoms with E-state index in [1.54, 1.807) is 4.90 Å². The molecule has 0 saturated heterocycles. The molecule has 0 bridgehead atoms. The summed E-state index contributed by atoms with van der Waals surface area (Å²) in [6.07, 6.45) is 0. The molecule has 4 rings (SSSR count). The van der Waals surface area contributed by atoms with E-state index in [4.69, 9.17) is 17.3 Å². The summed E-state index contributed by atoms with van der Waals surface area (Å²) < 4.78 is 2.06. The zero-order valence-electron chi connectivity index (χ0n) is 18.0. The van der Waals surface area contributed by atoms with Crippen LogP contribution in [0.1, 0.15) is 23.6 Å². The van der Waals surface area contributed by atoms with Gasteiger partial charge in [-0.15, -0.1) is 10.2 Å². The van der Waals surface area contributed by atoms with Crippen LogP contribution in [0.4, 0.5) is 11.9 Å². The number of nitrogens with two attached hydrogens (primary N) is 1. The molecular formula is C22H23ClN8S. The molecule has 4 aromatic rings. The molecule has 1 atom stereocenters. The van der Waals surface area contributed by atoms with Crippen LogP contribution in [0.2, 0.25) is 5.02 Å². The quantitative estimate of drug-likeness (QED) is 0.402. The molecule has 0 aliphatic rings. The fourth-order valence-corrected chi connectivity index (χ4v) is 4.23. The summed E-state index contributed by atoms with van der Waals surface area (Å²) in [6.45, 7) is 2.61. The minimum absolute atomic E-state index is 0.128. The maximum atomic E-state index is 6.48. The first-order chi connectivity index (χ1) is 15.4. The van der Waals surface area contributed by atoms with E-state index >= 15 is 0 Å². The molecule has 0 fully saturated rings. The highest BCUT2D eigenvalue weighted by Crippen LogP contribution is 2.36. The van der Waals surface area contributed by atoms with Crippen molar-refractivity contribution in [3.05, 3.63) is 71.0 Å². The van der Waals surface area contributed by atoms with Gasteiger partial charge in [0.05, 0.1) is 16.8 Å². The number of thioether (sulfide) groups is 1. The smallest absolute Gasteiger partial charge is 0.229 e. The molecule has 32 heavy (non-hydrogen) atoms. The number of hydrogen-bond acceptors (Lipinski definition) is 8. The second-order valence-corrected chi connectivity index (χ2v) is 9.08. The summed E-state index contributed by atoms with van der Waals surface area (Å²) in [7, 11) is 3.73. The van der Waals surface area contributed by atoms with E-state index in [2.05, 4.69) is 41.8 Å². The highest BCUT2D eigenvalue weighted by atomic mass is 35.5. The maximum Gasteiger partial charge on any atom is 0.229 e. The van der Waals surface area contributed by atoms with Gasteiger partial charge in [0.1, 0.15) is 5.82 Å². The lowest BCUT2D eigenvalue weighted by atomic mass is 10.2. The normalized spacial score (nSPS) is 12.0. The number of hydrogen-bond donors (Lipinski definition) is 1. The van der Waals surface area contributed by atoms with Gasteiger partial charge in [-0.2, -0.15) is 15.0 Å². The number of aromatic nitrogens is 6. The Balaban J connectivity index is 1.72. The van der Waals surface area contributed by atoms with Gasteiger partial charge in [-0.3, -0.25) is 4.57 Å². The van der Waals surface area contributed by atoms with E-state index in [0.29, 0.717) is 29.2 Å². The van der Waals surface area contributed by atoms with Gasteiger partial charge >= 0.3 is 0 Å². The van der Waals surface area contributed by atoms with Crippen LogP contribution in [-0.4, -0.2) is 43.8 Å². The Morgan fingerprint density at radius 3 is 2.44 bits per heavy atom. The van der Waals surface area contributed by atoms with E-state index in [1.807, 2.05) is 63.5 Å². The molecule has 164 valence electrons. The van der Waals surface area contributed by atoms with Gasteiger partial charge in [0.2, 0.25) is 11.9 Å². The minimum atomic E-state index is -0.128. The van der Waals surface area contributed by atoms with Gasteiger partial charge in [-0.05, 0) is 24.6 Å². The highest BCUT2D eigenvalue weighted by molar-refractivity contribution is 7.99. The lowest BCUT2D eigenvalue weighted by Crippen LogP contribution is -2.16. The zero-order valence-corrected chi connectivity index (χ0v) is 19.5. The van der Waals surface area contributed by atoms with Crippen molar-refractivity contribution in [3.8, 4) is 11.4 Å². The Labute approximate surface area is 195 Å². The standard InChI is InChI=1S/C22H23ClN8S/c1-14(18-25-20(24)27-21(26-18)30(2)3)32-22-29-28-19(16-11-7-8-12-17(16)23)31(22)13-15-9-5-4-6-10-15/h4-12,14H,13H2,1-3H3,(H2,24,25,26,27). The average molecular weight is 467 g/mol. The summed E-state index contributed by atoms with van der Waals surface area (Å²) in [6, 6.07) is 17.8. The molecule has 2 N–H and O–H groups in total. The third kappa shape index (κ3) is 4.84. The van der Waals surface area contributed by atoms with Crippen molar-refractivity contribution in [2.24, 2.45) is 0 Å². The summed E-state index contributed by atoms with van der Waals surface area (Å²) in [5, 5.41) is 10.2. The Bertz CT molecular complexity index is 1210. The van der Waals surface area contributed by atoms with Gasteiger partial charge in [0, 0.05) is 19.7 Å². The largest absolute Gasteiger partial charge is 0.368 e. The van der Waals surface area contributed by atoms with E-state index in [0.717, 1.165) is 16.3 Å². The molecular weight excluding hydrogens is 444 g/mol.